The van der Waals surface area contributed by atoms with Crippen LogP contribution < -0.4 is 5.32 Å². The summed E-state index contributed by atoms with van der Waals surface area (Å²) in [6, 6.07) is 0. The van der Waals surface area contributed by atoms with Crippen LogP contribution in [0.2, 0.25) is 0 Å². The molecule has 76 valence electrons. The SMILES string of the molecule is CNc1cnc(CN2CCCC2)cn1. The van der Waals surface area contributed by atoms with Crippen LogP contribution in [0.15, 0.2) is 12.4 Å². The van der Waals surface area contributed by atoms with Crippen LogP contribution in [0.25, 0.3) is 0 Å². The number of nitrogens with one attached hydrogen (secondary N) is 1. The van der Waals surface area contributed by atoms with Crippen LogP contribution >= 0.6 is 0 Å². The van der Waals surface area contributed by atoms with Gasteiger partial charge in [0.15, 0.2) is 0 Å². The Morgan fingerprint density at radius 1 is 1.29 bits per heavy atom. The van der Waals surface area contributed by atoms with Crippen LogP contribution in [0.3, 0.4) is 0 Å². The second-order valence-electron chi connectivity index (χ2n) is 3.63. The van der Waals surface area contributed by atoms with E-state index < -0.39 is 0 Å². The maximum Gasteiger partial charge on any atom is 0.144 e. The van der Waals surface area contributed by atoms with E-state index in [2.05, 4.69) is 20.2 Å². The number of aromatic nitrogens is 2. The summed E-state index contributed by atoms with van der Waals surface area (Å²) in [5.41, 5.74) is 1.06. The van der Waals surface area contributed by atoms with E-state index in [1.807, 2.05) is 13.2 Å². The van der Waals surface area contributed by atoms with Gasteiger partial charge >= 0.3 is 0 Å². The zero-order valence-corrected chi connectivity index (χ0v) is 8.53. The Labute approximate surface area is 84.4 Å². The molecular formula is C10H16N4. The molecule has 0 aromatic carbocycles. The number of rotatable bonds is 3. The van der Waals surface area contributed by atoms with Crippen molar-refractivity contribution >= 4 is 5.82 Å². The monoisotopic (exact) mass is 192 g/mol. The summed E-state index contributed by atoms with van der Waals surface area (Å²) < 4.78 is 0. The van der Waals surface area contributed by atoms with Crippen molar-refractivity contribution in [1.29, 1.82) is 0 Å². The summed E-state index contributed by atoms with van der Waals surface area (Å²) in [5.74, 6) is 0.829. The molecule has 1 saturated heterocycles. The van der Waals surface area contributed by atoms with Crippen molar-refractivity contribution < 1.29 is 0 Å². The average molecular weight is 192 g/mol. The Kier molecular flexibility index (Phi) is 2.93. The first-order valence-corrected chi connectivity index (χ1v) is 5.09. The number of nitrogens with zero attached hydrogens (tertiary/aromatic N) is 3. The maximum atomic E-state index is 4.35. The third-order valence-electron chi connectivity index (χ3n) is 2.55. The van der Waals surface area contributed by atoms with Gasteiger partial charge in [-0.25, -0.2) is 4.98 Å². The molecule has 0 unspecified atom stereocenters. The first-order chi connectivity index (χ1) is 6.88. The van der Waals surface area contributed by atoms with Crippen LogP contribution in [0, 0.1) is 0 Å². The minimum atomic E-state index is 0.829. The van der Waals surface area contributed by atoms with E-state index in [4.69, 9.17) is 0 Å². The number of likely N-dealkylation sites (tertiary alicyclic amines) is 1. The van der Waals surface area contributed by atoms with Gasteiger partial charge in [-0.15, -0.1) is 0 Å². The lowest BCUT2D eigenvalue weighted by atomic mass is 10.4. The normalized spacial score (nSPS) is 17.2. The van der Waals surface area contributed by atoms with Crippen molar-refractivity contribution in [3.05, 3.63) is 18.1 Å². The summed E-state index contributed by atoms with van der Waals surface area (Å²) in [6.07, 6.45) is 6.28. The van der Waals surface area contributed by atoms with Crippen LogP contribution in [-0.2, 0) is 6.54 Å². The molecule has 0 spiro atoms. The van der Waals surface area contributed by atoms with E-state index in [1.165, 1.54) is 25.9 Å². The lowest BCUT2D eigenvalue weighted by Crippen LogP contribution is -2.19. The fourth-order valence-corrected chi connectivity index (χ4v) is 1.74. The minimum Gasteiger partial charge on any atom is -0.372 e. The molecule has 0 atom stereocenters. The van der Waals surface area contributed by atoms with E-state index >= 15 is 0 Å². The third kappa shape index (κ3) is 2.20. The Morgan fingerprint density at radius 2 is 2.07 bits per heavy atom. The van der Waals surface area contributed by atoms with Gasteiger partial charge in [0.2, 0.25) is 0 Å². The Hall–Kier alpha value is -1.16. The first-order valence-electron chi connectivity index (χ1n) is 5.09. The number of hydrogen-bond acceptors (Lipinski definition) is 4. The van der Waals surface area contributed by atoms with E-state index in [0.29, 0.717) is 0 Å². The Balaban J connectivity index is 1.95. The molecule has 14 heavy (non-hydrogen) atoms. The van der Waals surface area contributed by atoms with Crippen LogP contribution in [-0.4, -0.2) is 35.0 Å². The summed E-state index contributed by atoms with van der Waals surface area (Å²) in [4.78, 5) is 11.0. The van der Waals surface area contributed by atoms with Gasteiger partial charge in [0, 0.05) is 13.6 Å². The maximum absolute atomic E-state index is 4.35. The van der Waals surface area contributed by atoms with E-state index in [1.54, 1.807) is 6.20 Å². The van der Waals surface area contributed by atoms with Gasteiger partial charge < -0.3 is 5.32 Å². The van der Waals surface area contributed by atoms with Gasteiger partial charge in [0.1, 0.15) is 5.82 Å². The zero-order chi connectivity index (χ0) is 9.80. The van der Waals surface area contributed by atoms with Crippen LogP contribution in [0.1, 0.15) is 18.5 Å². The topological polar surface area (TPSA) is 41.1 Å². The van der Waals surface area contributed by atoms with Gasteiger partial charge in [-0.3, -0.25) is 9.88 Å². The molecule has 4 nitrogen and oxygen atoms in total. The zero-order valence-electron chi connectivity index (χ0n) is 8.53. The molecule has 1 aliphatic heterocycles. The summed E-state index contributed by atoms with van der Waals surface area (Å²) in [5, 5.41) is 2.96. The highest BCUT2D eigenvalue weighted by Gasteiger charge is 2.12. The van der Waals surface area contributed by atoms with Crippen molar-refractivity contribution in [3.63, 3.8) is 0 Å². The molecule has 0 bridgehead atoms. The van der Waals surface area contributed by atoms with Crippen molar-refractivity contribution in [1.82, 2.24) is 14.9 Å². The molecule has 0 radical (unpaired) electrons. The molecule has 2 rings (SSSR count). The summed E-state index contributed by atoms with van der Waals surface area (Å²) in [7, 11) is 1.85. The van der Waals surface area contributed by atoms with Gasteiger partial charge in [-0.2, -0.15) is 0 Å². The van der Waals surface area contributed by atoms with Gasteiger partial charge in [0.25, 0.3) is 0 Å². The predicted molar refractivity (Wildman–Crippen MR) is 56.1 cm³/mol. The molecule has 1 aromatic rings. The first kappa shape index (κ1) is 9.40. The second kappa shape index (κ2) is 4.37. The highest BCUT2D eigenvalue weighted by molar-refractivity contribution is 5.29. The highest BCUT2D eigenvalue weighted by atomic mass is 15.1. The molecule has 4 heteroatoms. The number of anilines is 1. The molecule has 0 aliphatic carbocycles. The quantitative estimate of drug-likeness (QED) is 0.779. The molecular weight excluding hydrogens is 176 g/mol. The Morgan fingerprint density at radius 3 is 2.64 bits per heavy atom. The molecule has 2 heterocycles. The van der Waals surface area contributed by atoms with Crippen molar-refractivity contribution in [2.45, 2.75) is 19.4 Å². The fourth-order valence-electron chi connectivity index (χ4n) is 1.74. The van der Waals surface area contributed by atoms with Crippen molar-refractivity contribution in [2.24, 2.45) is 0 Å². The lowest BCUT2D eigenvalue weighted by Gasteiger charge is -2.13. The van der Waals surface area contributed by atoms with Gasteiger partial charge in [0.05, 0.1) is 18.1 Å². The molecule has 1 aliphatic rings. The predicted octanol–water partition coefficient (Wildman–Crippen LogP) is 1.11. The second-order valence-corrected chi connectivity index (χ2v) is 3.63. The molecule has 1 aromatic heterocycles. The summed E-state index contributed by atoms with van der Waals surface area (Å²) >= 11 is 0. The van der Waals surface area contributed by atoms with Crippen molar-refractivity contribution in [3.8, 4) is 0 Å². The van der Waals surface area contributed by atoms with E-state index in [-0.39, 0.29) is 0 Å². The molecule has 1 N–H and O–H groups in total. The number of hydrogen-bond donors (Lipinski definition) is 1. The van der Waals surface area contributed by atoms with Crippen molar-refractivity contribution in [2.75, 3.05) is 25.5 Å². The molecule has 0 saturated carbocycles. The van der Waals surface area contributed by atoms with E-state index in [0.717, 1.165) is 18.1 Å². The average Bonchev–Trinajstić information content (AvgIpc) is 2.72. The summed E-state index contributed by atoms with van der Waals surface area (Å²) in [6.45, 7) is 3.35. The van der Waals surface area contributed by atoms with Crippen LogP contribution in [0.4, 0.5) is 5.82 Å². The minimum absolute atomic E-state index is 0.829. The van der Waals surface area contributed by atoms with Gasteiger partial charge in [-0.1, -0.05) is 0 Å². The van der Waals surface area contributed by atoms with Gasteiger partial charge in [-0.05, 0) is 25.9 Å². The molecule has 0 amide bonds. The lowest BCUT2D eigenvalue weighted by molar-refractivity contribution is 0.327. The fraction of sp³-hybridized carbons (Fsp3) is 0.600. The Bertz CT molecular complexity index is 277. The van der Waals surface area contributed by atoms with E-state index in [9.17, 15) is 0 Å². The smallest absolute Gasteiger partial charge is 0.144 e. The molecule has 1 fully saturated rings. The third-order valence-corrected chi connectivity index (χ3v) is 2.55. The largest absolute Gasteiger partial charge is 0.372 e. The van der Waals surface area contributed by atoms with Crippen LogP contribution in [0.5, 0.6) is 0 Å². The standard InChI is InChI=1S/C10H16N4/c1-11-10-7-12-9(6-13-10)8-14-4-2-3-5-14/h6-7H,2-5,8H2,1H3,(H,11,13). The highest BCUT2D eigenvalue weighted by Crippen LogP contribution is 2.11.